The van der Waals surface area contributed by atoms with Gasteiger partial charge in [0.2, 0.25) is 0 Å². The molecule has 0 aromatic rings. The van der Waals surface area contributed by atoms with Gasteiger partial charge in [-0.3, -0.25) is 0 Å². The van der Waals surface area contributed by atoms with Crippen LogP contribution in [0.4, 0.5) is 0 Å². The first-order chi connectivity index (χ1) is 9.22. The van der Waals surface area contributed by atoms with Crippen LogP contribution in [0.25, 0.3) is 0 Å². The summed E-state index contributed by atoms with van der Waals surface area (Å²) in [6.07, 6.45) is 15.6. The van der Waals surface area contributed by atoms with Gasteiger partial charge in [-0.05, 0) is 38.0 Å². The molecular weight excluding hydrogens is 256 g/mol. The highest BCUT2D eigenvalue weighted by Crippen LogP contribution is 2.55. The summed E-state index contributed by atoms with van der Waals surface area (Å²) in [5.74, 6) is 0.756. The summed E-state index contributed by atoms with van der Waals surface area (Å²) >= 11 is 6.63. The Kier molecular flexibility index (Phi) is 4.43. The number of alkyl halides is 1. The first kappa shape index (κ1) is 14.2. The van der Waals surface area contributed by atoms with E-state index in [4.69, 9.17) is 16.3 Å². The smallest absolute Gasteiger partial charge is 0.0663 e. The first-order valence-electron chi connectivity index (χ1n) is 8.52. The molecule has 19 heavy (non-hydrogen) atoms. The molecule has 3 rings (SSSR count). The van der Waals surface area contributed by atoms with Gasteiger partial charge in [0.15, 0.2) is 0 Å². The van der Waals surface area contributed by atoms with E-state index >= 15 is 0 Å². The number of ether oxygens (including phenoxy) is 1. The number of halogens is 1. The van der Waals surface area contributed by atoms with Crippen molar-refractivity contribution in [2.24, 2.45) is 11.3 Å². The molecule has 110 valence electrons. The van der Waals surface area contributed by atoms with Crippen molar-refractivity contribution in [3.8, 4) is 0 Å². The van der Waals surface area contributed by atoms with E-state index in [9.17, 15) is 0 Å². The fourth-order valence-electron chi connectivity index (χ4n) is 4.61. The molecule has 1 nitrogen and oxygen atoms in total. The Labute approximate surface area is 123 Å². The Morgan fingerprint density at radius 1 is 0.947 bits per heavy atom. The fourth-order valence-corrected chi connectivity index (χ4v) is 5.13. The Morgan fingerprint density at radius 2 is 1.63 bits per heavy atom. The topological polar surface area (TPSA) is 9.23 Å². The molecule has 0 heterocycles. The molecule has 3 aliphatic carbocycles. The average Bonchev–Trinajstić information content (AvgIpc) is 2.68. The van der Waals surface area contributed by atoms with Crippen molar-refractivity contribution in [1.29, 1.82) is 0 Å². The Balaban J connectivity index is 1.63. The molecule has 0 radical (unpaired) electrons. The lowest BCUT2D eigenvalue weighted by molar-refractivity contribution is -0.163. The lowest BCUT2D eigenvalue weighted by atomic mass is 9.61. The predicted molar refractivity (Wildman–Crippen MR) is 80.7 cm³/mol. The van der Waals surface area contributed by atoms with E-state index in [1.54, 1.807) is 0 Å². The number of rotatable bonds is 2. The van der Waals surface area contributed by atoms with E-state index in [0.717, 1.165) is 12.3 Å². The van der Waals surface area contributed by atoms with Crippen molar-refractivity contribution < 1.29 is 4.74 Å². The molecule has 0 N–H and O–H groups in total. The first-order valence-corrected chi connectivity index (χ1v) is 8.95. The van der Waals surface area contributed by atoms with Gasteiger partial charge in [-0.15, -0.1) is 11.6 Å². The molecule has 0 aromatic heterocycles. The van der Waals surface area contributed by atoms with Crippen LogP contribution >= 0.6 is 11.6 Å². The highest BCUT2D eigenvalue weighted by atomic mass is 35.5. The third kappa shape index (κ3) is 2.70. The van der Waals surface area contributed by atoms with E-state index < -0.39 is 0 Å². The molecule has 4 atom stereocenters. The van der Waals surface area contributed by atoms with Crippen LogP contribution in [-0.4, -0.2) is 17.6 Å². The van der Waals surface area contributed by atoms with E-state index in [0.29, 0.717) is 23.0 Å². The summed E-state index contributed by atoms with van der Waals surface area (Å²) in [7, 11) is 0. The Hall–Kier alpha value is 0.250. The van der Waals surface area contributed by atoms with Crippen molar-refractivity contribution in [2.45, 2.75) is 95.1 Å². The second-order valence-corrected chi connectivity index (χ2v) is 7.80. The van der Waals surface area contributed by atoms with Gasteiger partial charge in [-0.25, -0.2) is 0 Å². The fraction of sp³-hybridized carbons (Fsp3) is 1.00. The van der Waals surface area contributed by atoms with Gasteiger partial charge in [0.25, 0.3) is 0 Å². The molecule has 3 aliphatic rings. The maximum Gasteiger partial charge on any atom is 0.0663 e. The van der Waals surface area contributed by atoms with Gasteiger partial charge in [-0.2, -0.15) is 0 Å². The van der Waals surface area contributed by atoms with E-state index in [2.05, 4.69) is 6.92 Å². The highest BCUT2D eigenvalue weighted by molar-refractivity contribution is 6.21. The predicted octanol–water partition coefficient (Wildman–Crippen LogP) is 5.30. The normalized spacial score (nSPS) is 42.6. The summed E-state index contributed by atoms with van der Waals surface area (Å²) in [6.45, 7) is 2.38. The van der Waals surface area contributed by atoms with Crippen LogP contribution in [0.15, 0.2) is 0 Å². The third-order valence-corrected chi connectivity index (χ3v) is 6.71. The third-order valence-electron chi connectivity index (χ3n) is 6.09. The SMILES string of the molecule is CC1CCCCC1OC1CC(Cl)C12CCCCCC2. The molecule has 2 heteroatoms. The quantitative estimate of drug-likeness (QED) is 0.625. The molecule has 3 saturated carbocycles. The minimum absolute atomic E-state index is 0.342. The maximum absolute atomic E-state index is 6.63. The Bertz CT molecular complexity index is 296. The summed E-state index contributed by atoms with van der Waals surface area (Å²) in [5, 5.41) is 0.384. The second kappa shape index (κ2) is 5.93. The largest absolute Gasteiger partial charge is 0.374 e. The van der Waals surface area contributed by atoms with Crippen LogP contribution < -0.4 is 0 Å². The number of hydrogen-bond acceptors (Lipinski definition) is 1. The van der Waals surface area contributed by atoms with Crippen LogP contribution in [0, 0.1) is 11.3 Å². The van der Waals surface area contributed by atoms with Crippen molar-refractivity contribution in [3.05, 3.63) is 0 Å². The highest BCUT2D eigenvalue weighted by Gasteiger charge is 2.55. The molecule has 0 aliphatic heterocycles. The van der Waals surface area contributed by atoms with E-state index in [1.165, 1.54) is 64.2 Å². The zero-order valence-corrected chi connectivity index (χ0v) is 13.1. The van der Waals surface area contributed by atoms with Gasteiger partial charge in [0.05, 0.1) is 12.2 Å². The molecule has 1 spiro atoms. The zero-order valence-electron chi connectivity index (χ0n) is 12.4. The van der Waals surface area contributed by atoms with Gasteiger partial charge >= 0.3 is 0 Å². The van der Waals surface area contributed by atoms with Crippen molar-refractivity contribution >= 4 is 11.6 Å². The number of hydrogen-bond donors (Lipinski definition) is 0. The lowest BCUT2D eigenvalue weighted by Gasteiger charge is -2.55. The molecule has 3 fully saturated rings. The van der Waals surface area contributed by atoms with Crippen molar-refractivity contribution in [1.82, 2.24) is 0 Å². The summed E-state index contributed by atoms with van der Waals surface area (Å²) in [4.78, 5) is 0. The van der Waals surface area contributed by atoms with Crippen LogP contribution in [0.5, 0.6) is 0 Å². The standard InChI is InChI=1S/C17H29ClO/c1-13-8-4-5-9-14(13)19-16-12-15(18)17(16)10-6-2-3-7-11-17/h13-16H,2-12H2,1H3. The van der Waals surface area contributed by atoms with Crippen molar-refractivity contribution in [3.63, 3.8) is 0 Å². The summed E-state index contributed by atoms with van der Waals surface area (Å²) in [5.41, 5.74) is 0.342. The minimum atomic E-state index is 0.342. The summed E-state index contributed by atoms with van der Waals surface area (Å²) in [6, 6.07) is 0. The van der Waals surface area contributed by atoms with Gasteiger partial charge in [0.1, 0.15) is 0 Å². The van der Waals surface area contributed by atoms with E-state index in [1.807, 2.05) is 0 Å². The molecule has 0 amide bonds. The van der Waals surface area contributed by atoms with Gasteiger partial charge in [0, 0.05) is 10.8 Å². The molecular formula is C17H29ClO. The van der Waals surface area contributed by atoms with Crippen LogP contribution in [0.1, 0.15) is 77.6 Å². The lowest BCUT2D eigenvalue weighted by Crippen LogP contribution is -2.57. The van der Waals surface area contributed by atoms with Gasteiger partial charge < -0.3 is 4.74 Å². The second-order valence-electron chi connectivity index (χ2n) is 7.28. The monoisotopic (exact) mass is 284 g/mol. The maximum atomic E-state index is 6.63. The molecule has 0 bridgehead atoms. The molecule has 0 aromatic carbocycles. The van der Waals surface area contributed by atoms with Crippen molar-refractivity contribution in [2.75, 3.05) is 0 Å². The van der Waals surface area contributed by atoms with E-state index in [-0.39, 0.29) is 0 Å². The molecule has 4 unspecified atom stereocenters. The molecule has 0 saturated heterocycles. The van der Waals surface area contributed by atoms with Crippen LogP contribution in [-0.2, 0) is 4.74 Å². The summed E-state index contributed by atoms with van der Waals surface area (Å²) < 4.78 is 6.57. The van der Waals surface area contributed by atoms with Gasteiger partial charge in [-0.1, -0.05) is 45.4 Å². The average molecular weight is 285 g/mol. The van der Waals surface area contributed by atoms with Crippen LogP contribution in [0.3, 0.4) is 0 Å². The Morgan fingerprint density at radius 3 is 2.26 bits per heavy atom. The minimum Gasteiger partial charge on any atom is -0.374 e. The zero-order chi connectivity index (χ0) is 13.3. The van der Waals surface area contributed by atoms with Crippen LogP contribution in [0.2, 0.25) is 0 Å².